The van der Waals surface area contributed by atoms with E-state index in [-0.39, 0.29) is 0 Å². The summed E-state index contributed by atoms with van der Waals surface area (Å²) in [6, 6.07) is 4.03. The van der Waals surface area contributed by atoms with Gasteiger partial charge in [0.2, 0.25) is 0 Å². The molecule has 2 N–H and O–H groups in total. The Bertz CT molecular complexity index is 485. The van der Waals surface area contributed by atoms with Crippen LogP contribution in [0.5, 0.6) is 0 Å². The van der Waals surface area contributed by atoms with Crippen LogP contribution in [0.1, 0.15) is 12.6 Å². The summed E-state index contributed by atoms with van der Waals surface area (Å²) in [5.41, 5.74) is 9.00. The van der Waals surface area contributed by atoms with Crippen LogP contribution >= 0.6 is 0 Å². The van der Waals surface area contributed by atoms with E-state index in [2.05, 4.69) is 11.9 Å². The summed E-state index contributed by atoms with van der Waals surface area (Å²) in [7, 11) is 4.02. The minimum atomic E-state index is 0.746. The van der Waals surface area contributed by atoms with Crippen LogP contribution in [0.4, 0.5) is 11.5 Å². The number of imidazole rings is 1. The van der Waals surface area contributed by atoms with Gasteiger partial charge in [-0.05, 0) is 18.6 Å². The predicted octanol–water partition coefficient (Wildman–Crippen LogP) is 1.54. The van der Waals surface area contributed by atoms with E-state index < -0.39 is 0 Å². The number of hydrogen-bond acceptors (Lipinski definition) is 3. The zero-order chi connectivity index (χ0) is 11.0. The molecular formula is C11H16N4. The monoisotopic (exact) mass is 204 g/mol. The number of aromatic nitrogens is 2. The van der Waals surface area contributed by atoms with Gasteiger partial charge in [-0.3, -0.25) is 4.40 Å². The minimum absolute atomic E-state index is 0.746. The Morgan fingerprint density at radius 2 is 2.13 bits per heavy atom. The van der Waals surface area contributed by atoms with E-state index in [1.54, 1.807) is 0 Å². The Morgan fingerprint density at radius 3 is 2.73 bits per heavy atom. The van der Waals surface area contributed by atoms with Gasteiger partial charge in [0, 0.05) is 20.3 Å². The molecule has 0 aliphatic carbocycles. The number of fused-ring (bicyclic) bond motifs is 1. The smallest absolute Gasteiger partial charge is 0.138 e. The molecule has 0 amide bonds. The first kappa shape index (κ1) is 9.83. The lowest BCUT2D eigenvalue weighted by Crippen LogP contribution is -2.09. The van der Waals surface area contributed by atoms with Gasteiger partial charge in [0.1, 0.15) is 11.5 Å². The zero-order valence-electron chi connectivity index (χ0n) is 9.36. The van der Waals surface area contributed by atoms with Crippen LogP contribution in [-0.4, -0.2) is 23.5 Å². The average Bonchev–Trinajstić information content (AvgIpc) is 2.55. The molecule has 0 saturated heterocycles. The van der Waals surface area contributed by atoms with Crippen molar-refractivity contribution in [2.75, 3.05) is 24.7 Å². The summed E-state index contributed by atoms with van der Waals surface area (Å²) in [5.74, 6) is 0.746. The number of aryl methyl sites for hydroxylation is 1. The molecule has 0 unspecified atom stereocenters. The van der Waals surface area contributed by atoms with E-state index >= 15 is 0 Å². The van der Waals surface area contributed by atoms with Crippen molar-refractivity contribution in [3.8, 4) is 0 Å². The molecule has 15 heavy (non-hydrogen) atoms. The molecular weight excluding hydrogens is 188 g/mol. The molecule has 80 valence electrons. The third-order valence-corrected chi connectivity index (χ3v) is 2.57. The first-order valence-corrected chi connectivity index (χ1v) is 5.07. The minimum Gasteiger partial charge on any atom is -0.383 e. The quantitative estimate of drug-likeness (QED) is 0.807. The average molecular weight is 204 g/mol. The molecule has 0 aromatic carbocycles. The summed E-state index contributed by atoms with van der Waals surface area (Å²) in [6.07, 6.45) is 2.88. The number of pyridine rings is 1. The molecule has 0 saturated carbocycles. The lowest BCUT2D eigenvalue weighted by Gasteiger charge is -2.12. The van der Waals surface area contributed by atoms with Gasteiger partial charge in [-0.15, -0.1) is 0 Å². The molecule has 2 aromatic heterocycles. The molecule has 0 aliphatic heterocycles. The Morgan fingerprint density at radius 1 is 1.40 bits per heavy atom. The standard InChI is InChI=1S/C11H16N4/c1-4-9-11(12)15-7-8(14(2)3)5-6-10(15)13-9/h5-7H,4,12H2,1-3H3. The highest BCUT2D eigenvalue weighted by molar-refractivity contribution is 5.58. The van der Waals surface area contributed by atoms with Gasteiger partial charge in [-0.25, -0.2) is 4.98 Å². The van der Waals surface area contributed by atoms with E-state index in [1.165, 1.54) is 0 Å². The molecule has 2 rings (SSSR count). The topological polar surface area (TPSA) is 46.6 Å². The van der Waals surface area contributed by atoms with Crippen molar-refractivity contribution >= 4 is 17.2 Å². The fourth-order valence-corrected chi connectivity index (χ4v) is 1.63. The third-order valence-electron chi connectivity index (χ3n) is 2.57. The van der Waals surface area contributed by atoms with Crippen LogP contribution in [0.3, 0.4) is 0 Å². The maximum atomic E-state index is 6.00. The summed E-state index contributed by atoms with van der Waals surface area (Å²) in [5, 5.41) is 0. The highest BCUT2D eigenvalue weighted by Gasteiger charge is 2.07. The number of anilines is 2. The van der Waals surface area contributed by atoms with Crippen molar-refractivity contribution in [2.45, 2.75) is 13.3 Å². The van der Waals surface area contributed by atoms with Crippen molar-refractivity contribution < 1.29 is 0 Å². The van der Waals surface area contributed by atoms with Crippen molar-refractivity contribution in [1.82, 2.24) is 9.38 Å². The molecule has 2 heterocycles. The van der Waals surface area contributed by atoms with Crippen LogP contribution in [0, 0.1) is 0 Å². The van der Waals surface area contributed by atoms with Crippen LogP contribution in [-0.2, 0) is 6.42 Å². The van der Waals surface area contributed by atoms with Gasteiger partial charge in [0.15, 0.2) is 0 Å². The molecule has 0 fully saturated rings. The SMILES string of the molecule is CCc1nc2ccc(N(C)C)cn2c1N. The lowest BCUT2D eigenvalue weighted by atomic mass is 10.3. The largest absolute Gasteiger partial charge is 0.383 e. The fraction of sp³-hybridized carbons (Fsp3) is 0.364. The molecule has 4 nitrogen and oxygen atoms in total. The van der Waals surface area contributed by atoms with E-state index in [1.807, 2.05) is 41.7 Å². The van der Waals surface area contributed by atoms with E-state index in [9.17, 15) is 0 Å². The van der Waals surface area contributed by atoms with Gasteiger partial charge in [-0.1, -0.05) is 6.92 Å². The van der Waals surface area contributed by atoms with Crippen LogP contribution in [0.25, 0.3) is 5.65 Å². The fourth-order valence-electron chi connectivity index (χ4n) is 1.63. The molecule has 0 atom stereocenters. The molecule has 0 spiro atoms. The van der Waals surface area contributed by atoms with Crippen molar-refractivity contribution in [3.63, 3.8) is 0 Å². The number of rotatable bonds is 2. The number of hydrogen-bond donors (Lipinski definition) is 1. The van der Waals surface area contributed by atoms with Crippen LogP contribution in [0.15, 0.2) is 18.3 Å². The molecule has 2 aromatic rings. The molecule has 0 bridgehead atoms. The Labute approximate surface area is 89.3 Å². The van der Waals surface area contributed by atoms with Gasteiger partial charge in [0.05, 0.1) is 11.4 Å². The Hall–Kier alpha value is -1.71. The molecule has 0 aliphatic rings. The highest BCUT2D eigenvalue weighted by Crippen LogP contribution is 2.19. The first-order valence-electron chi connectivity index (χ1n) is 5.07. The van der Waals surface area contributed by atoms with Gasteiger partial charge in [-0.2, -0.15) is 0 Å². The number of nitrogen functional groups attached to an aromatic ring is 1. The third kappa shape index (κ3) is 1.52. The van der Waals surface area contributed by atoms with E-state index in [4.69, 9.17) is 5.73 Å². The van der Waals surface area contributed by atoms with E-state index in [0.717, 1.165) is 29.3 Å². The summed E-state index contributed by atoms with van der Waals surface area (Å²) >= 11 is 0. The Balaban J connectivity index is 2.65. The maximum absolute atomic E-state index is 6.00. The van der Waals surface area contributed by atoms with E-state index in [0.29, 0.717) is 0 Å². The van der Waals surface area contributed by atoms with Gasteiger partial charge in [0.25, 0.3) is 0 Å². The second-order valence-corrected chi connectivity index (χ2v) is 3.81. The molecule has 0 radical (unpaired) electrons. The van der Waals surface area contributed by atoms with Gasteiger partial charge < -0.3 is 10.6 Å². The zero-order valence-corrected chi connectivity index (χ0v) is 9.36. The van der Waals surface area contributed by atoms with Crippen molar-refractivity contribution in [1.29, 1.82) is 0 Å². The summed E-state index contributed by atoms with van der Waals surface area (Å²) in [4.78, 5) is 6.50. The first-order chi connectivity index (χ1) is 7.13. The summed E-state index contributed by atoms with van der Waals surface area (Å²) < 4.78 is 1.94. The predicted molar refractivity (Wildman–Crippen MR) is 63.3 cm³/mol. The second-order valence-electron chi connectivity index (χ2n) is 3.81. The van der Waals surface area contributed by atoms with Gasteiger partial charge >= 0.3 is 0 Å². The maximum Gasteiger partial charge on any atom is 0.138 e. The van der Waals surface area contributed by atoms with Crippen LogP contribution < -0.4 is 10.6 Å². The van der Waals surface area contributed by atoms with Crippen molar-refractivity contribution in [3.05, 3.63) is 24.0 Å². The van der Waals surface area contributed by atoms with Crippen LogP contribution in [0.2, 0.25) is 0 Å². The number of nitrogens with zero attached hydrogens (tertiary/aromatic N) is 3. The highest BCUT2D eigenvalue weighted by atomic mass is 15.1. The molecule has 4 heteroatoms. The lowest BCUT2D eigenvalue weighted by molar-refractivity contribution is 1.07. The number of nitrogens with two attached hydrogens (primary N) is 1. The summed E-state index contributed by atoms with van der Waals surface area (Å²) in [6.45, 7) is 2.06. The van der Waals surface area contributed by atoms with Crippen molar-refractivity contribution in [2.24, 2.45) is 0 Å². The second kappa shape index (κ2) is 3.46. The normalized spacial score (nSPS) is 10.9. The Kier molecular flexibility index (Phi) is 2.26.